The zero-order chi connectivity index (χ0) is 7.98. The van der Waals surface area contributed by atoms with Gasteiger partial charge in [-0.15, -0.1) is 0 Å². The van der Waals surface area contributed by atoms with Crippen molar-refractivity contribution in [3.63, 3.8) is 0 Å². The predicted molar refractivity (Wildman–Crippen MR) is 48.0 cm³/mol. The topological polar surface area (TPSA) is 0 Å². The van der Waals surface area contributed by atoms with E-state index in [1.165, 1.54) is 12.0 Å². The van der Waals surface area contributed by atoms with E-state index in [1.54, 1.807) is 0 Å². The van der Waals surface area contributed by atoms with Gasteiger partial charge in [-0.2, -0.15) is 0 Å². The third-order valence-corrected chi connectivity index (χ3v) is 1.23. The Morgan fingerprint density at radius 1 is 1.50 bits per heavy atom. The maximum absolute atomic E-state index is 3.80. The van der Waals surface area contributed by atoms with Gasteiger partial charge in [0.25, 0.3) is 0 Å². The fourth-order valence-electron chi connectivity index (χ4n) is 0.838. The minimum Gasteiger partial charge on any atom is -0.0988 e. The second kappa shape index (κ2) is 5.04. The van der Waals surface area contributed by atoms with Crippen LogP contribution in [0.15, 0.2) is 36.5 Å². The fraction of sp³-hybridized carbons (Fsp3) is 0.400. The van der Waals surface area contributed by atoms with E-state index < -0.39 is 0 Å². The molecule has 10 heavy (non-hydrogen) atoms. The Morgan fingerprint density at radius 2 is 2.10 bits per heavy atom. The van der Waals surface area contributed by atoms with Gasteiger partial charge in [0.1, 0.15) is 0 Å². The largest absolute Gasteiger partial charge is 0.0988 e. The minimum absolute atomic E-state index is 1.10. The third-order valence-electron chi connectivity index (χ3n) is 1.23. The normalized spacial score (nSPS) is 11.2. The molecule has 0 aliphatic carbocycles. The van der Waals surface area contributed by atoms with Crippen molar-refractivity contribution in [2.24, 2.45) is 0 Å². The fourth-order valence-corrected chi connectivity index (χ4v) is 0.838. The van der Waals surface area contributed by atoms with Gasteiger partial charge in [-0.1, -0.05) is 44.2 Å². The van der Waals surface area contributed by atoms with Crippen molar-refractivity contribution in [3.05, 3.63) is 36.5 Å². The summed E-state index contributed by atoms with van der Waals surface area (Å²) >= 11 is 0. The predicted octanol–water partition coefficient (Wildman–Crippen LogP) is 3.48. The first-order chi connectivity index (χ1) is 4.70. The van der Waals surface area contributed by atoms with Crippen molar-refractivity contribution in [2.45, 2.75) is 26.7 Å². The molecule has 0 heterocycles. The summed E-state index contributed by atoms with van der Waals surface area (Å²) in [7, 11) is 0. The number of hydrogen-bond donors (Lipinski definition) is 0. The highest BCUT2D eigenvalue weighted by molar-refractivity contribution is 5.25. The average molecular weight is 136 g/mol. The number of hydrogen-bond acceptors (Lipinski definition) is 0. The van der Waals surface area contributed by atoms with Gasteiger partial charge in [0.15, 0.2) is 0 Å². The first-order valence-electron chi connectivity index (χ1n) is 3.69. The SMILES string of the molecule is C=C/C(=C/C(=C)C)CCC. The van der Waals surface area contributed by atoms with Crippen LogP contribution >= 0.6 is 0 Å². The molecule has 0 N–H and O–H groups in total. The lowest BCUT2D eigenvalue weighted by Crippen LogP contribution is -1.77. The van der Waals surface area contributed by atoms with E-state index in [2.05, 4.69) is 26.2 Å². The molecule has 56 valence electrons. The molecule has 0 heteroatoms. The van der Waals surface area contributed by atoms with Crippen LogP contribution in [0.4, 0.5) is 0 Å². The summed E-state index contributed by atoms with van der Waals surface area (Å²) in [6, 6.07) is 0. The standard InChI is InChI=1S/C10H16/c1-5-7-10(6-2)8-9(3)4/h6,8H,2-3,5,7H2,1,4H3/b10-8-. The number of allylic oxidation sites excluding steroid dienone is 4. The molecular formula is C10H16. The summed E-state index contributed by atoms with van der Waals surface area (Å²) in [4.78, 5) is 0. The second-order valence-electron chi connectivity index (χ2n) is 2.52. The lowest BCUT2D eigenvalue weighted by molar-refractivity contribution is 0.925. The van der Waals surface area contributed by atoms with Gasteiger partial charge in [0.2, 0.25) is 0 Å². The molecule has 0 saturated carbocycles. The van der Waals surface area contributed by atoms with E-state index in [9.17, 15) is 0 Å². The van der Waals surface area contributed by atoms with Crippen LogP contribution in [0.5, 0.6) is 0 Å². The third kappa shape index (κ3) is 4.13. The Morgan fingerprint density at radius 3 is 2.40 bits per heavy atom. The molecule has 0 radical (unpaired) electrons. The van der Waals surface area contributed by atoms with Crippen LogP contribution in [0.3, 0.4) is 0 Å². The zero-order valence-electron chi connectivity index (χ0n) is 6.98. The molecule has 0 aromatic carbocycles. The first kappa shape index (κ1) is 9.22. The molecule has 0 saturated heterocycles. The van der Waals surface area contributed by atoms with E-state index in [4.69, 9.17) is 0 Å². The Bertz CT molecular complexity index is 149. The maximum atomic E-state index is 3.80. The van der Waals surface area contributed by atoms with E-state index in [0.717, 1.165) is 12.0 Å². The molecule has 0 rings (SSSR count). The van der Waals surface area contributed by atoms with Gasteiger partial charge in [-0.25, -0.2) is 0 Å². The van der Waals surface area contributed by atoms with Crippen molar-refractivity contribution in [1.29, 1.82) is 0 Å². The smallest absolute Gasteiger partial charge is 0.0282 e. The Balaban J connectivity index is 4.03. The van der Waals surface area contributed by atoms with Gasteiger partial charge in [0.05, 0.1) is 0 Å². The maximum Gasteiger partial charge on any atom is -0.0282 e. The second-order valence-corrected chi connectivity index (χ2v) is 2.52. The number of rotatable bonds is 4. The van der Waals surface area contributed by atoms with E-state index >= 15 is 0 Å². The van der Waals surface area contributed by atoms with Crippen LogP contribution in [0.2, 0.25) is 0 Å². The molecule has 0 amide bonds. The Kier molecular flexibility index (Phi) is 4.65. The van der Waals surface area contributed by atoms with Crippen molar-refractivity contribution in [2.75, 3.05) is 0 Å². The van der Waals surface area contributed by atoms with E-state index in [0.29, 0.717) is 0 Å². The molecule has 0 bridgehead atoms. The molecule has 0 unspecified atom stereocenters. The highest BCUT2D eigenvalue weighted by Crippen LogP contribution is 2.07. The van der Waals surface area contributed by atoms with Crippen LogP contribution in [-0.2, 0) is 0 Å². The summed E-state index contributed by atoms with van der Waals surface area (Å²) in [6.45, 7) is 11.7. The highest BCUT2D eigenvalue weighted by atomic mass is 13.9. The molecule has 0 aromatic rings. The zero-order valence-corrected chi connectivity index (χ0v) is 6.98. The quantitative estimate of drug-likeness (QED) is 0.519. The molecule has 0 aliphatic heterocycles. The Hall–Kier alpha value is -0.780. The van der Waals surface area contributed by atoms with Gasteiger partial charge in [-0.05, 0) is 18.9 Å². The van der Waals surface area contributed by atoms with Crippen LogP contribution < -0.4 is 0 Å². The van der Waals surface area contributed by atoms with E-state index in [1.807, 2.05) is 13.0 Å². The molecule has 0 fully saturated rings. The summed E-state index contributed by atoms with van der Waals surface area (Å²) in [5.41, 5.74) is 2.39. The van der Waals surface area contributed by atoms with Crippen LogP contribution in [0.25, 0.3) is 0 Å². The first-order valence-corrected chi connectivity index (χ1v) is 3.69. The van der Waals surface area contributed by atoms with Crippen LogP contribution in [0.1, 0.15) is 26.7 Å². The Labute approximate surface area is 64.0 Å². The van der Waals surface area contributed by atoms with Crippen LogP contribution in [0, 0.1) is 0 Å². The van der Waals surface area contributed by atoms with Gasteiger partial charge in [0, 0.05) is 0 Å². The summed E-state index contributed by atoms with van der Waals surface area (Å²) in [5.74, 6) is 0. The molecule has 0 aromatic heterocycles. The lowest BCUT2D eigenvalue weighted by Gasteiger charge is -1.97. The van der Waals surface area contributed by atoms with Crippen LogP contribution in [-0.4, -0.2) is 0 Å². The molecule has 0 aliphatic rings. The lowest BCUT2D eigenvalue weighted by atomic mass is 10.1. The molecule has 0 spiro atoms. The van der Waals surface area contributed by atoms with Crippen molar-refractivity contribution < 1.29 is 0 Å². The molecule has 0 nitrogen and oxygen atoms in total. The summed E-state index contributed by atoms with van der Waals surface area (Å²) < 4.78 is 0. The molecular weight excluding hydrogens is 120 g/mol. The van der Waals surface area contributed by atoms with Gasteiger partial charge in [-0.3, -0.25) is 0 Å². The van der Waals surface area contributed by atoms with Crippen molar-refractivity contribution in [3.8, 4) is 0 Å². The minimum atomic E-state index is 1.10. The van der Waals surface area contributed by atoms with Gasteiger partial charge >= 0.3 is 0 Å². The monoisotopic (exact) mass is 136 g/mol. The molecule has 0 atom stereocenters. The van der Waals surface area contributed by atoms with Gasteiger partial charge < -0.3 is 0 Å². The summed E-state index contributed by atoms with van der Waals surface area (Å²) in [6.07, 6.45) is 6.26. The van der Waals surface area contributed by atoms with Crippen molar-refractivity contribution in [1.82, 2.24) is 0 Å². The average Bonchev–Trinajstić information content (AvgIpc) is 1.86. The van der Waals surface area contributed by atoms with Crippen molar-refractivity contribution >= 4 is 0 Å². The summed E-state index contributed by atoms with van der Waals surface area (Å²) in [5, 5.41) is 0. The highest BCUT2D eigenvalue weighted by Gasteiger charge is 1.87. The van der Waals surface area contributed by atoms with E-state index in [-0.39, 0.29) is 0 Å².